The van der Waals surface area contributed by atoms with E-state index in [2.05, 4.69) is 5.32 Å². The van der Waals surface area contributed by atoms with Crippen LogP contribution in [0.4, 0.5) is 4.39 Å². The molecule has 0 saturated heterocycles. The lowest BCUT2D eigenvalue weighted by molar-refractivity contribution is -0.122. The van der Waals surface area contributed by atoms with Crippen molar-refractivity contribution in [2.45, 2.75) is 19.5 Å². The lowest BCUT2D eigenvalue weighted by Gasteiger charge is -2.19. The molecule has 0 heterocycles. The highest BCUT2D eigenvalue weighted by atomic mass is 35.5. The summed E-state index contributed by atoms with van der Waals surface area (Å²) in [6, 6.07) is 13.6. The summed E-state index contributed by atoms with van der Waals surface area (Å²) in [5.41, 5.74) is 1.93. The first-order valence-corrected chi connectivity index (χ1v) is 7.79. The van der Waals surface area contributed by atoms with Crippen molar-refractivity contribution in [3.05, 3.63) is 70.5 Å². The van der Waals surface area contributed by atoms with Crippen LogP contribution >= 0.6 is 11.6 Å². The maximum atomic E-state index is 12.9. The number of amides is 1. The molecule has 2 aromatic rings. The quantitative estimate of drug-likeness (QED) is 0.871. The molecule has 0 radical (unpaired) electrons. The van der Waals surface area contributed by atoms with E-state index in [9.17, 15) is 9.18 Å². The largest absolute Gasteiger partial charge is 0.348 e. The molecule has 0 saturated carbocycles. The van der Waals surface area contributed by atoms with E-state index in [-0.39, 0.29) is 24.3 Å². The van der Waals surface area contributed by atoms with Gasteiger partial charge in [0.1, 0.15) is 5.82 Å². The third-order valence-electron chi connectivity index (χ3n) is 3.51. The van der Waals surface area contributed by atoms with Gasteiger partial charge in [-0.3, -0.25) is 9.69 Å². The molecule has 0 aliphatic rings. The van der Waals surface area contributed by atoms with Crippen molar-refractivity contribution in [3.63, 3.8) is 0 Å². The normalized spacial score (nSPS) is 12.2. The molecular weight excluding hydrogens is 315 g/mol. The van der Waals surface area contributed by atoms with Gasteiger partial charge in [-0.1, -0.05) is 35.9 Å². The fourth-order valence-electron chi connectivity index (χ4n) is 2.35. The predicted octanol–water partition coefficient (Wildman–Crippen LogP) is 3.79. The van der Waals surface area contributed by atoms with E-state index >= 15 is 0 Å². The second-order valence-electron chi connectivity index (χ2n) is 5.64. The van der Waals surface area contributed by atoms with E-state index in [1.165, 1.54) is 12.1 Å². The highest BCUT2D eigenvalue weighted by Gasteiger charge is 2.12. The molecule has 0 fully saturated rings. The van der Waals surface area contributed by atoms with Crippen LogP contribution in [-0.4, -0.2) is 24.4 Å². The highest BCUT2D eigenvalue weighted by Crippen LogP contribution is 2.17. The Labute approximate surface area is 141 Å². The van der Waals surface area contributed by atoms with Crippen LogP contribution in [-0.2, 0) is 11.3 Å². The molecule has 0 aromatic heterocycles. The number of likely N-dealkylation sites (N-methyl/N-ethyl adjacent to an activating group) is 1. The summed E-state index contributed by atoms with van der Waals surface area (Å²) in [4.78, 5) is 14.0. The van der Waals surface area contributed by atoms with Gasteiger partial charge in [0.15, 0.2) is 0 Å². The van der Waals surface area contributed by atoms with Crippen molar-refractivity contribution in [2.75, 3.05) is 13.6 Å². The second kappa shape index (κ2) is 8.09. The Morgan fingerprint density at radius 3 is 2.61 bits per heavy atom. The molecule has 0 spiro atoms. The van der Waals surface area contributed by atoms with E-state index in [4.69, 9.17) is 11.6 Å². The molecule has 2 aromatic carbocycles. The van der Waals surface area contributed by atoms with Gasteiger partial charge in [0.05, 0.1) is 12.6 Å². The second-order valence-corrected chi connectivity index (χ2v) is 6.08. The Kier molecular flexibility index (Phi) is 6.13. The molecule has 0 unspecified atom stereocenters. The first-order chi connectivity index (χ1) is 10.9. The number of rotatable bonds is 6. The van der Waals surface area contributed by atoms with Crippen LogP contribution in [0.2, 0.25) is 5.02 Å². The van der Waals surface area contributed by atoms with Gasteiger partial charge >= 0.3 is 0 Å². The molecule has 1 N–H and O–H groups in total. The fraction of sp³-hybridized carbons (Fsp3) is 0.278. The molecule has 0 bridgehead atoms. The van der Waals surface area contributed by atoms with Crippen molar-refractivity contribution in [1.82, 2.24) is 10.2 Å². The third-order valence-corrected chi connectivity index (χ3v) is 3.74. The highest BCUT2D eigenvalue weighted by molar-refractivity contribution is 6.30. The molecule has 3 nitrogen and oxygen atoms in total. The monoisotopic (exact) mass is 334 g/mol. The van der Waals surface area contributed by atoms with E-state index in [0.717, 1.165) is 11.1 Å². The van der Waals surface area contributed by atoms with Gasteiger partial charge in [-0.15, -0.1) is 0 Å². The summed E-state index contributed by atoms with van der Waals surface area (Å²) in [7, 11) is 1.85. The molecule has 122 valence electrons. The number of hydrogen-bond donors (Lipinski definition) is 1. The zero-order chi connectivity index (χ0) is 16.8. The minimum atomic E-state index is -0.260. The molecule has 23 heavy (non-hydrogen) atoms. The van der Waals surface area contributed by atoms with Crippen molar-refractivity contribution >= 4 is 17.5 Å². The van der Waals surface area contributed by atoms with Gasteiger partial charge in [0.25, 0.3) is 0 Å². The van der Waals surface area contributed by atoms with E-state index in [1.807, 2.05) is 37.1 Å². The van der Waals surface area contributed by atoms with Crippen LogP contribution in [0.3, 0.4) is 0 Å². The minimum Gasteiger partial charge on any atom is -0.348 e. The van der Waals surface area contributed by atoms with Gasteiger partial charge in [0.2, 0.25) is 5.91 Å². The Bertz CT molecular complexity index is 660. The number of carbonyl (C=O) groups excluding carboxylic acids is 1. The minimum absolute atomic E-state index is 0.0675. The Hall–Kier alpha value is -1.91. The Morgan fingerprint density at radius 1 is 1.26 bits per heavy atom. The lowest BCUT2D eigenvalue weighted by Crippen LogP contribution is -2.36. The van der Waals surface area contributed by atoms with E-state index in [0.29, 0.717) is 11.6 Å². The van der Waals surface area contributed by atoms with Crippen LogP contribution in [0.5, 0.6) is 0 Å². The molecule has 2 rings (SSSR count). The number of hydrogen-bond acceptors (Lipinski definition) is 2. The van der Waals surface area contributed by atoms with Crippen molar-refractivity contribution in [3.8, 4) is 0 Å². The van der Waals surface area contributed by atoms with Gasteiger partial charge in [-0.05, 0) is 49.4 Å². The summed E-state index contributed by atoms with van der Waals surface area (Å²) < 4.78 is 12.9. The third kappa shape index (κ3) is 5.66. The average molecular weight is 335 g/mol. The fourth-order valence-corrected chi connectivity index (χ4v) is 2.55. The lowest BCUT2D eigenvalue weighted by atomic mass is 10.1. The number of nitrogens with zero attached hydrogens (tertiary/aromatic N) is 1. The Morgan fingerprint density at radius 2 is 1.96 bits per heavy atom. The maximum Gasteiger partial charge on any atom is 0.234 e. The number of carbonyl (C=O) groups is 1. The van der Waals surface area contributed by atoms with Gasteiger partial charge < -0.3 is 5.32 Å². The Balaban J connectivity index is 1.85. The smallest absolute Gasteiger partial charge is 0.234 e. The first kappa shape index (κ1) is 17.4. The summed E-state index contributed by atoms with van der Waals surface area (Å²) in [6.07, 6.45) is 0. The van der Waals surface area contributed by atoms with Crippen LogP contribution < -0.4 is 5.32 Å². The molecule has 5 heteroatoms. The first-order valence-electron chi connectivity index (χ1n) is 7.42. The van der Waals surface area contributed by atoms with Gasteiger partial charge in [-0.2, -0.15) is 0 Å². The van der Waals surface area contributed by atoms with Crippen molar-refractivity contribution in [1.29, 1.82) is 0 Å². The van der Waals surface area contributed by atoms with Crippen LogP contribution in [0.25, 0.3) is 0 Å². The molecular formula is C18H20ClFN2O. The number of halogens is 2. The predicted molar refractivity (Wildman–Crippen MR) is 90.7 cm³/mol. The SMILES string of the molecule is C[C@@H](NC(=O)CN(C)Cc1ccc(F)cc1)c1cccc(Cl)c1. The number of benzene rings is 2. The standard InChI is InChI=1S/C18H20ClFN2O/c1-13(15-4-3-5-16(19)10-15)21-18(23)12-22(2)11-14-6-8-17(20)9-7-14/h3-10,13H,11-12H2,1-2H3,(H,21,23)/t13-/m1/s1. The van der Waals surface area contributed by atoms with Crippen LogP contribution in [0.1, 0.15) is 24.1 Å². The van der Waals surface area contributed by atoms with Gasteiger partial charge in [-0.25, -0.2) is 4.39 Å². The van der Waals surface area contributed by atoms with E-state index < -0.39 is 0 Å². The zero-order valence-corrected chi connectivity index (χ0v) is 14.0. The zero-order valence-electron chi connectivity index (χ0n) is 13.2. The van der Waals surface area contributed by atoms with E-state index in [1.54, 1.807) is 18.2 Å². The van der Waals surface area contributed by atoms with Crippen molar-refractivity contribution in [2.24, 2.45) is 0 Å². The van der Waals surface area contributed by atoms with Crippen molar-refractivity contribution < 1.29 is 9.18 Å². The summed E-state index contributed by atoms with van der Waals surface area (Å²) in [6.45, 7) is 2.77. The van der Waals surface area contributed by atoms with Crippen LogP contribution in [0, 0.1) is 5.82 Å². The molecule has 0 aliphatic carbocycles. The summed E-state index contributed by atoms with van der Waals surface area (Å²) in [5.74, 6) is -0.327. The molecule has 1 amide bonds. The van der Waals surface area contributed by atoms with Gasteiger partial charge in [0, 0.05) is 11.6 Å². The van der Waals surface area contributed by atoms with Crippen LogP contribution in [0.15, 0.2) is 48.5 Å². The molecule has 1 atom stereocenters. The summed E-state index contributed by atoms with van der Waals surface area (Å²) in [5, 5.41) is 3.60. The summed E-state index contributed by atoms with van der Waals surface area (Å²) >= 11 is 5.96. The number of nitrogens with one attached hydrogen (secondary N) is 1. The molecule has 0 aliphatic heterocycles. The maximum absolute atomic E-state index is 12.9. The average Bonchev–Trinajstić information content (AvgIpc) is 2.49. The topological polar surface area (TPSA) is 32.3 Å².